The molecule has 138 valence electrons. The molecule has 0 fully saturated rings. The molecule has 0 aliphatic rings. The van der Waals surface area contributed by atoms with E-state index in [1.54, 1.807) is 0 Å². The summed E-state index contributed by atoms with van der Waals surface area (Å²) in [6.45, 7) is 2.36. The first-order valence-corrected chi connectivity index (χ1v) is 7.55. The first-order chi connectivity index (χ1) is 11.0. The molecular weight excluding hydrogens is 341 g/mol. The molecule has 0 unspecified atom stereocenters. The Morgan fingerprint density at radius 1 is 0.833 bits per heavy atom. The van der Waals surface area contributed by atoms with E-state index in [0.717, 1.165) is 43.5 Å². The molecule has 0 N–H and O–H groups in total. The van der Waals surface area contributed by atoms with Crippen LogP contribution in [0.2, 0.25) is 0 Å². The third kappa shape index (κ3) is 5.87. The number of halogens is 7. The highest BCUT2D eigenvalue weighted by atomic mass is 19.4. The lowest BCUT2D eigenvalue weighted by molar-refractivity contribution is -0.233. The van der Waals surface area contributed by atoms with Crippen molar-refractivity contribution >= 4 is 0 Å². The van der Waals surface area contributed by atoms with Crippen LogP contribution in [0.5, 0.6) is 5.75 Å². The Morgan fingerprint density at radius 3 is 1.92 bits per heavy atom. The largest absolute Gasteiger partial charge is 0.494 e. The van der Waals surface area contributed by atoms with Crippen molar-refractivity contribution < 1.29 is 35.5 Å². The second-order valence-electron chi connectivity index (χ2n) is 5.47. The van der Waals surface area contributed by atoms with Gasteiger partial charge in [-0.15, -0.1) is 0 Å². The second kappa shape index (κ2) is 8.07. The van der Waals surface area contributed by atoms with Crippen molar-refractivity contribution in [3.05, 3.63) is 29.8 Å². The molecule has 1 aromatic rings. The van der Waals surface area contributed by atoms with Crippen molar-refractivity contribution in [2.24, 2.45) is 0 Å². The van der Waals surface area contributed by atoms with Gasteiger partial charge in [0.25, 0.3) is 0 Å². The Balaban J connectivity index is 2.75. The molecule has 24 heavy (non-hydrogen) atoms. The standard InChI is InChI=1S/C16H19F7O/c1-2-3-4-11-24-13-7-5-12(6-8-13)16(22,23)14(17,18)9-10-15(19,20)21/h5-8H,2-4,9-11H2,1H3. The molecule has 0 aliphatic carbocycles. The van der Waals surface area contributed by atoms with E-state index in [4.69, 9.17) is 4.74 Å². The summed E-state index contributed by atoms with van der Waals surface area (Å²) in [5.74, 6) is -9.25. The number of benzene rings is 1. The van der Waals surface area contributed by atoms with E-state index >= 15 is 0 Å². The quantitative estimate of drug-likeness (QED) is 0.370. The predicted molar refractivity (Wildman–Crippen MR) is 75.6 cm³/mol. The topological polar surface area (TPSA) is 9.23 Å². The molecule has 1 nitrogen and oxygen atoms in total. The Morgan fingerprint density at radius 2 is 1.42 bits per heavy atom. The van der Waals surface area contributed by atoms with Gasteiger partial charge >= 0.3 is 18.0 Å². The van der Waals surface area contributed by atoms with E-state index < -0.39 is 36.4 Å². The van der Waals surface area contributed by atoms with Gasteiger partial charge in [-0.3, -0.25) is 0 Å². The third-order valence-electron chi connectivity index (χ3n) is 3.42. The Bertz CT molecular complexity index is 494. The minimum absolute atomic E-state index is 0.240. The monoisotopic (exact) mass is 360 g/mol. The molecule has 1 rings (SSSR count). The van der Waals surface area contributed by atoms with E-state index in [1.807, 2.05) is 6.92 Å². The number of unbranched alkanes of at least 4 members (excludes halogenated alkanes) is 2. The van der Waals surface area contributed by atoms with Gasteiger partial charge in [0.2, 0.25) is 0 Å². The van der Waals surface area contributed by atoms with Gasteiger partial charge in [0, 0.05) is 18.4 Å². The number of alkyl halides is 7. The maximum absolute atomic E-state index is 13.8. The van der Waals surface area contributed by atoms with Crippen molar-refractivity contribution in [1.82, 2.24) is 0 Å². The molecule has 0 saturated heterocycles. The smallest absolute Gasteiger partial charge is 0.389 e. The minimum atomic E-state index is -4.92. The fourth-order valence-electron chi connectivity index (χ4n) is 1.97. The summed E-state index contributed by atoms with van der Waals surface area (Å²) in [6.07, 6.45) is -6.20. The molecule has 0 bridgehead atoms. The molecule has 0 aliphatic heterocycles. The van der Waals surface area contributed by atoms with Gasteiger partial charge in [-0.2, -0.15) is 30.7 Å². The van der Waals surface area contributed by atoms with Gasteiger partial charge in [-0.25, -0.2) is 0 Å². The zero-order valence-corrected chi connectivity index (χ0v) is 13.1. The highest BCUT2D eigenvalue weighted by molar-refractivity contribution is 5.31. The van der Waals surface area contributed by atoms with Crippen LogP contribution in [-0.4, -0.2) is 18.7 Å². The molecule has 0 aromatic heterocycles. The highest BCUT2D eigenvalue weighted by Gasteiger charge is 2.57. The molecule has 0 radical (unpaired) electrons. The van der Waals surface area contributed by atoms with Crippen LogP contribution >= 0.6 is 0 Å². The molecule has 8 heteroatoms. The predicted octanol–water partition coefficient (Wildman–Crippen LogP) is 6.33. The van der Waals surface area contributed by atoms with Crippen LogP contribution in [0.3, 0.4) is 0 Å². The Labute approximate surface area is 135 Å². The molecule has 0 heterocycles. The van der Waals surface area contributed by atoms with Crippen molar-refractivity contribution in [3.8, 4) is 5.75 Å². The van der Waals surface area contributed by atoms with Gasteiger partial charge in [0.1, 0.15) is 5.75 Å². The summed E-state index contributed by atoms with van der Waals surface area (Å²) >= 11 is 0. The van der Waals surface area contributed by atoms with Crippen LogP contribution in [0.25, 0.3) is 0 Å². The zero-order valence-electron chi connectivity index (χ0n) is 13.1. The summed E-state index contributed by atoms with van der Waals surface area (Å²) in [5.41, 5.74) is -1.05. The van der Waals surface area contributed by atoms with Gasteiger partial charge in [0.05, 0.1) is 6.61 Å². The van der Waals surface area contributed by atoms with Crippen molar-refractivity contribution in [3.63, 3.8) is 0 Å². The highest BCUT2D eigenvalue weighted by Crippen LogP contribution is 2.47. The first kappa shape index (κ1) is 20.6. The number of ether oxygens (including phenoxy) is 1. The van der Waals surface area contributed by atoms with Crippen LogP contribution in [0, 0.1) is 0 Å². The van der Waals surface area contributed by atoms with E-state index in [0.29, 0.717) is 6.61 Å². The summed E-state index contributed by atoms with van der Waals surface area (Å²) in [7, 11) is 0. The molecule has 0 amide bonds. The molecular formula is C16H19F7O. The normalized spacial score (nSPS) is 13.2. The first-order valence-electron chi connectivity index (χ1n) is 7.55. The number of hydrogen-bond donors (Lipinski definition) is 0. The van der Waals surface area contributed by atoms with Crippen LogP contribution in [-0.2, 0) is 5.92 Å². The summed E-state index contributed by atoms with van der Waals surface area (Å²) in [5, 5.41) is 0. The van der Waals surface area contributed by atoms with Gasteiger partial charge in [-0.05, 0) is 30.7 Å². The zero-order chi connectivity index (χ0) is 18.4. The van der Waals surface area contributed by atoms with Crippen molar-refractivity contribution in [2.75, 3.05) is 6.61 Å². The lowest BCUT2D eigenvalue weighted by Gasteiger charge is -2.27. The van der Waals surface area contributed by atoms with E-state index in [2.05, 4.69) is 0 Å². The van der Waals surface area contributed by atoms with Gasteiger partial charge in [0.15, 0.2) is 0 Å². The van der Waals surface area contributed by atoms with Crippen LogP contribution < -0.4 is 4.74 Å². The van der Waals surface area contributed by atoms with Crippen LogP contribution in [0.1, 0.15) is 44.6 Å². The Hall–Kier alpha value is -1.47. The maximum atomic E-state index is 13.8. The molecule has 0 saturated carbocycles. The van der Waals surface area contributed by atoms with E-state index in [-0.39, 0.29) is 5.75 Å². The molecule has 0 spiro atoms. The number of hydrogen-bond acceptors (Lipinski definition) is 1. The second-order valence-corrected chi connectivity index (χ2v) is 5.47. The van der Waals surface area contributed by atoms with E-state index in [1.165, 1.54) is 0 Å². The minimum Gasteiger partial charge on any atom is -0.494 e. The van der Waals surface area contributed by atoms with E-state index in [9.17, 15) is 30.7 Å². The summed E-state index contributed by atoms with van der Waals surface area (Å²) in [4.78, 5) is 0. The maximum Gasteiger partial charge on any atom is 0.389 e. The average Bonchev–Trinajstić information content (AvgIpc) is 2.49. The number of rotatable bonds is 9. The van der Waals surface area contributed by atoms with Crippen LogP contribution in [0.4, 0.5) is 30.7 Å². The van der Waals surface area contributed by atoms with Crippen molar-refractivity contribution in [2.45, 2.75) is 57.0 Å². The summed E-state index contributed by atoms with van der Waals surface area (Å²) < 4.78 is 96.0. The lowest BCUT2D eigenvalue weighted by Crippen LogP contribution is -2.39. The summed E-state index contributed by atoms with van der Waals surface area (Å²) in [6, 6.07) is 3.71. The SMILES string of the molecule is CCCCCOc1ccc(C(F)(F)C(F)(F)CCC(F)(F)F)cc1. The molecule has 0 atom stereocenters. The lowest BCUT2D eigenvalue weighted by atomic mass is 9.98. The van der Waals surface area contributed by atoms with Crippen LogP contribution in [0.15, 0.2) is 24.3 Å². The fourth-order valence-corrected chi connectivity index (χ4v) is 1.97. The average molecular weight is 360 g/mol. The van der Waals surface area contributed by atoms with Gasteiger partial charge < -0.3 is 4.74 Å². The third-order valence-corrected chi connectivity index (χ3v) is 3.42. The fraction of sp³-hybridized carbons (Fsp3) is 0.625. The van der Waals surface area contributed by atoms with Gasteiger partial charge in [-0.1, -0.05) is 19.8 Å². The van der Waals surface area contributed by atoms with Crippen molar-refractivity contribution in [1.29, 1.82) is 0 Å². The molecule has 1 aromatic carbocycles. The Kier molecular flexibility index (Phi) is 6.92.